The zero-order valence-electron chi connectivity index (χ0n) is 13.2. The number of hydrogen-bond acceptors (Lipinski definition) is 3. The molecule has 20 heavy (non-hydrogen) atoms. The van der Waals surface area contributed by atoms with E-state index in [1.807, 2.05) is 0 Å². The maximum atomic E-state index is 11.9. The fourth-order valence-electron chi connectivity index (χ4n) is 3.22. The van der Waals surface area contributed by atoms with Crippen LogP contribution in [-0.2, 0) is 14.3 Å². The molecule has 1 aliphatic heterocycles. The smallest absolute Gasteiger partial charge is 0.309 e. The molecule has 1 fully saturated rings. The van der Waals surface area contributed by atoms with Gasteiger partial charge in [0.05, 0.1) is 17.7 Å². The molecular formula is C14H28N3O3+. The van der Waals surface area contributed by atoms with Crippen LogP contribution in [0.25, 0.3) is 0 Å². The van der Waals surface area contributed by atoms with Gasteiger partial charge in [-0.05, 0) is 27.7 Å². The Morgan fingerprint density at radius 1 is 1.15 bits per heavy atom. The van der Waals surface area contributed by atoms with Gasteiger partial charge in [-0.3, -0.25) is 9.59 Å². The highest BCUT2D eigenvalue weighted by molar-refractivity contribution is 6.35. The van der Waals surface area contributed by atoms with Crippen molar-refractivity contribution in [2.75, 3.05) is 20.3 Å². The third-order valence-electron chi connectivity index (χ3n) is 3.46. The second-order valence-electron chi connectivity index (χ2n) is 6.95. The standard InChI is InChI=1S/C14H27N3O3/c1-13(2)8-10(9-14(3,4)17-13)16-12(19)11(18)15-6-7-20-5/h10,17H,6-9H2,1-5H3,(H,15,18)(H,16,19)/p+1. The van der Waals surface area contributed by atoms with Crippen LogP contribution in [0, 0.1) is 0 Å². The maximum Gasteiger partial charge on any atom is 0.309 e. The number of quaternary nitrogens is 1. The van der Waals surface area contributed by atoms with E-state index in [2.05, 4.69) is 43.6 Å². The van der Waals surface area contributed by atoms with Gasteiger partial charge in [-0.15, -0.1) is 0 Å². The van der Waals surface area contributed by atoms with Gasteiger partial charge in [0.15, 0.2) is 0 Å². The molecule has 0 aliphatic carbocycles. The fraction of sp³-hybridized carbons (Fsp3) is 0.857. The largest absolute Gasteiger partial charge is 0.383 e. The number of amides is 2. The number of rotatable bonds is 4. The quantitative estimate of drug-likeness (QED) is 0.465. The van der Waals surface area contributed by atoms with Gasteiger partial charge in [-0.1, -0.05) is 0 Å². The molecule has 0 unspecified atom stereocenters. The first-order valence-electron chi connectivity index (χ1n) is 7.10. The highest BCUT2D eigenvalue weighted by Gasteiger charge is 2.42. The van der Waals surface area contributed by atoms with E-state index in [9.17, 15) is 9.59 Å². The predicted octanol–water partition coefficient (Wildman–Crippen LogP) is -0.852. The van der Waals surface area contributed by atoms with Crippen molar-refractivity contribution in [3.63, 3.8) is 0 Å². The van der Waals surface area contributed by atoms with E-state index in [4.69, 9.17) is 4.74 Å². The molecule has 0 radical (unpaired) electrons. The number of piperidine rings is 1. The Labute approximate surface area is 121 Å². The molecule has 1 saturated heterocycles. The molecule has 1 heterocycles. The number of carbonyl (C=O) groups is 2. The van der Waals surface area contributed by atoms with Gasteiger partial charge in [0.25, 0.3) is 0 Å². The van der Waals surface area contributed by atoms with Gasteiger partial charge >= 0.3 is 11.8 Å². The Morgan fingerprint density at radius 3 is 2.20 bits per heavy atom. The Bertz CT molecular complexity index is 351. The van der Waals surface area contributed by atoms with Crippen LogP contribution in [-0.4, -0.2) is 49.2 Å². The van der Waals surface area contributed by atoms with E-state index in [0.717, 1.165) is 12.8 Å². The van der Waals surface area contributed by atoms with Gasteiger partial charge < -0.3 is 20.7 Å². The minimum absolute atomic E-state index is 0.0330. The van der Waals surface area contributed by atoms with E-state index in [0.29, 0.717) is 13.2 Å². The molecule has 0 bridgehead atoms. The number of carbonyl (C=O) groups excluding carboxylic acids is 2. The van der Waals surface area contributed by atoms with Crippen LogP contribution in [0.3, 0.4) is 0 Å². The molecule has 0 aromatic heterocycles. The van der Waals surface area contributed by atoms with Crippen molar-refractivity contribution < 1.29 is 19.6 Å². The number of nitrogens with one attached hydrogen (secondary N) is 2. The lowest BCUT2D eigenvalue weighted by Gasteiger charge is -2.43. The first kappa shape index (κ1) is 16.9. The number of ether oxygens (including phenoxy) is 1. The van der Waals surface area contributed by atoms with Crippen LogP contribution in [0.5, 0.6) is 0 Å². The molecule has 6 heteroatoms. The van der Waals surface area contributed by atoms with Crippen LogP contribution in [0.15, 0.2) is 0 Å². The molecule has 0 spiro atoms. The van der Waals surface area contributed by atoms with Crippen molar-refractivity contribution in [3.8, 4) is 0 Å². The third kappa shape index (κ3) is 5.46. The summed E-state index contributed by atoms with van der Waals surface area (Å²) in [5.74, 6) is -1.15. The summed E-state index contributed by atoms with van der Waals surface area (Å²) in [5, 5.41) is 7.71. The summed E-state index contributed by atoms with van der Waals surface area (Å²) in [6.07, 6.45) is 1.71. The number of methoxy groups -OCH3 is 1. The molecule has 1 rings (SSSR count). The van der Waals surface area contributed by atoms with Crippen molar-refractivity contribution in [2.45, 2.75) is 57.7 Å². The van der Waals surface area contributed by atoms with Crippen molar-refractivity contribution in [3.05, 3.63) is 0 Å². The van der Waals surface area contributed by atoms with E-state index >= 15 is 0 Å². The summed E-state index contributed by atoms with van der Waals surface area (Å²) in [5.41, 5.74) is 0.123. The molecule has 0 saturated carbocycles. The first-order chi connectivity index (χ1) is 9.15. The van der Waals surface area contributed by atoms with Crippen LogP contribution in [0.2, 0.25) is 0 Å². The zero-order chi connectivity index (χ0) is 15.4. The van der Waals surface area contributed by atoms with Crippen molar-refractivity contribution in [1.29, 1.82) is 0 Å². The van der Waals surface area contributed by atoms with Crippen molar-refractivity contribution in [2.24, 2.45) is 0 Å². The SMILES string of the molecule is COCCNC(=O)C(=O)NC1CC(C)(C)[NH2+]C(C)(C)C1. The Hall–Kier alpha value is -1.14. The van der Waals surface area contributed by atoms with Gasteiger partial charge in [0, 0.05) is 32.5 Å². The zero-order valence-corrected chi connectivity index (χ0v) is 13.2. The predicted molar refractivity (Wildman–Crippen MR) is 76.1 cm³/mol. The number of nitrogens with two attached hydrogens (primary N) is 1. The average molecular weight is 286 g/mol. The summed E-state index contributed by atoms with van der Waals surface area (Å²) in [7, 11) is 1.55. The lowest BCUT2D eigenvalue weighted by molar-refractivity contribution is -0.787. The van der Waals surface area contributed by atoms with Crippen molar-refractivity contribution >= 4 is 11.8 Å². The van der Waals surface area contributed by atoms with Crippen LogP contribution in [0.4, 0.5) is 0 Å². The third-order valence-corrected chi connectivity index (χ3v) is 3.46. The fourth-order valence-corrected chi connectivity index (χ4v) is 3.22. The molecule has 2 amide bonds. The van der Waals surface area contributed by atoms with Gasteiger partial charge in [0.1, 0.15) is 0 Å². The lowest BCUT2D eigenvalue weighted by atomic mass is 9.79. The van der Waals surface area contributed by atoms with Crippen LogP contribution < -0.4 is 16.0 Å². The topological polar surface area (TPSA) is 84.0 Å². The van der Waals surface area contributed by atoms with E-state index in [1.54, 1.807) is 7.11 Å². The van der Waals surface area contributed by atoms with E-state index < -0.39 is 11.8 Å². The van der Waals surface area contributed by atoms with Crippen molar-refractivity contribution in [1.82, 2.24) is 10.6 Å². The molecular weight excluding hydrogens is 258 g/mol. The van der Waals surface area contributed by atoms with E-state index in [1.165, 1.54) is 0 Å². The molecule has 0 aromatic rings. The minimum Gasteiger partial charge on any atom is -0.383 e. The summed E-state index contributed by atoms with van der Waals surface area (Å²) in [6, 6.07) is 0.0330. The molecule has 0 atom stereocenters. The van der Waals surface area contributed by atoms with Crippen LogP contribution in [0.1, 0.15) is 40.5 Å². The maximum absolute atomic E-state index is 11.9. The summed E-state index contributed by atoms with van der Waals surface area (Å²) < 4.78 is 4.83. The molecule has 6 nitrogen and oxygen atoms in total. The highest BCUT2D eigenvalue weighted by Crippen LogP contribution is 2.21. The second-order valence-corrected chi connectivity index (χ2v) is 6.95. The Morgan fingerprint density at radius 2 is 1.70 bits per heavy atom. The average Bonchev–Trinajstić information content (AvgIpc) is 2.24. The lowest BCUT2D eigenvalue weighted by Crippen LogP contribution is -3.06. The summed E-state index contributed by atoms with van der Waals surface area (Å²) in [6.45, 7) is 9.38. The van der Waals surface area contributed by atoms with Gasteiger partial charge in [0.2, 0.25) is 0 Å². The second kappa shape index (κ2) is 6.54. The van der Waals surface area contributed by atoms with Gasteiger partial charge in [-0.2, -0.15) is 0 Å². The molecule has 1 aliphatic rings. The van der Waals surface area contributed by atoms with Gasteiger partial charge in [-0.25, -0.2) is 0 Å². The number of hydrogen-bond donors (Lipinski definition) is 3. The normalized spacial score (nSPS) is 21.2. The summed E-state index contributed by atoms with van der Waals surface area (Å²) in [4.78, 5) is 23.5. The Balaban J connectivity index is 2.50. The first-order valence-corrected chi connectivity index (χ1v) is 7.10. The highest BCUT2D eigenvalue weighted by atomic mass is 16.5. The Kier molecular flexibility index (Phi) is 5.53. The molecule has 0 aromatic carbocycles. The van der Waals surface area contributed by atoms with E-state index in [-0.39, 0.29) is 17.1 Å². The molecule has 116 valence electrons. The minimum atomic E-state index is -0.591. The van der Waals surface area contributed by atoms with Crippen LogP contribution >= 0.6 is 0 Å². The monoisotopic (exact) mass is 286 g/mol. The summed E-state index contributed by atoms with van der Waals surface area (Å²) >= 11 is 0. The molecule has 4 N–H and O–H groups in total.